The molecule has 3 atom stereocenters. The second kappa shape index (κ2) is 6.86. The van der Waals surface area contributed by atoms with Crippen molar-refractivity contribution in [2.75, 3.05) is 13.7 Å². The Morgan fingerprint density at radius 3 is 2.88 bits per heavy atom. The van der Waals surface area contributed by atoms with E-state index in [9.17, 15) is 4.79 Å². The number of amides is 1. The summed E-state index contributed by atoms with van der Waals surface area (Å²) in [6.07, 6.45) is 4.15. The van der Waals surface area contributed by atoms with Gasteiger partial charge in [0, 0.05) is 13.2 Å². The minimum Gasteiger partial charge on any atom is -0.383 e. The summed E-state index contributed by atoms with van der Waals surface area (Å²) >= 11 is 0. The summed E-state index contributed by atoms with van der Waals surface area (Å²) in [6.45, 7) is 4.78. The van der Waals surface area contributed by atoms with Crippen molar-refractivity contribution in [3.05, 3.63) is 0 Å². The van der Waals surface area contributed by atoms with Gasteiger partial charge in [-0.05, 0) is 32.6 Å². The Balaban J connectivity index is 2.37. The molecule has 0 spiro atoms. The Morgan fingerprint density at radius 2 is 2.31 bits per heavy atom. The molecular weight excluding hydrogens is 204 g/mol. The molecule has 16 heavy (non-hydrogen) atoms. The fourth-order valence-corrected chi connectivity index (χ4v) is 2.11. The Morgan fingerprint density at radius 1 is 1.56 bits per heavy atom. The van der Waals surface area contributed by atoms with E-state index in [0.29, 0.717) is 12.6 Å². The highest BCUT2D eigenvalue weighted by molar-refractivity contribution is 5.82. The Hall–Kier alpha value is -0.610. The summed E-state index contributed by atoms with van der Waals surface area (Å²) in [5.74, 6) is 0.121. The normalized spacial score (nSPS) is 27.4. The maximum Gasteiger partial charge on any atom is 0.237 e. The van der Waals surface area contributed by atoms with E-state index in [1.165, 1.54) is 6.42 Å². The van der Waals surface area contributed by atoms with Crippen LogP contribution < -0.4 is 10.6 Å². The topological polar surface area (TPSA) is 50.4 Å². The van der Waals surface area contributed by atoms with Crippen LogP contribution in [0, 0.1) is 0 Å². The number of hydrogen-bond donors (Lipinski definition) is 2. The molecule has 1 aliphatic heterocycles. The molecular formula is C12H24N2O2. The van der Waals surface area contributed by atoms with Crippen molar-refractivity contribution in [1.29, 1.82) is 0 Å². The third-order valence-electron chi connectivity index (χ3n) is 3.14. The molecule has 94 valence electrons. The molecule has 0 aliphatic carbocycles. The van der Waals surface area contributed by atoms with Crippen LogP contribution in [0.1, 0.15) is 39.5 Å². The molecule has 1 amide bonds. The van der Waals surface area contributed by atoms with Crippen molar-refractivity contribution in [3.8, 4) is 0 Å². The van der Waals surface area contributed by atoms with Crippen LogP contribution in [-0.2, 0) is 9.53 Å². The monoisotopic (exact) mass is 228 g/mol. The number of hydrogen-bond acceptors (Lipinski definition) is 3. The highest BCUT2D eigenvalue weighted by Crippen LogP contribution is 2.12. The van der Waals surface area contributed by atoms with E-state index < -0.39 is 0 Å². The first-order valence-electron chi connectivity index (χ1n) is 6.22. The molecule has 0 radical (unpaired) electrons. The number of carbonyl (C=O) groups excluding carboxylic acids is 1. The molecule has 4 heteroatoms. The quantitative estimate of drug-likeness (QED) is 0.739. The van der Waals surface area contributed by atoms with E-state index in [0.717, 1.165) is 19.3 Å². The molecule has 3 unspecified atom stereocenters. The van der Waals surface area contributed by atoms with Crippen LogP contribution in [0.25, 0.3) is 0 Å². The number of methoxy groups -OCH3 is 1. The van der Waals surface area contributed by atoms with Crippen LogP contribution >= 0.6 is 0 Å². The first kappa shape index (κ1) is 13.5. The van der Waals surface area contributed by atoms with Gasteiger partial charge in [-0.3, -0.25) is 4.79 Å². The zero-order valence-electron chi connectivity index (χ0n) is 10.6. The summed E-state index contributed by atoms with van der Waals surface area (Å²) < 4.78 is 5.07. The average Bonchev–Trinajstić information content (AvgIpc) is 2.28. The van der Waals surface area contributed by atoms with Crippen molar-refractivity contribution in [2.24, 2.45) is 0 Å². The smallest absolute Gasteiger partial charge is 0.237 e. The summed E-state index contributed by atoms with van der Waals surface area (Å²) in [7, 11) is 1.66. The lowest BCUT2D eigenvalue weighted by molar-refractivity contribution is -0.125. The lowest BCUT2D eigenvalue weighted by Crippen LogP contribution is -2.52. The summed E-state index contributed by atoms with van der Waals surface area (Å²) in [4.78, 5) is 12.0. The van der Waals surface area contributed by atoms with Gasteiger partial charge in [0.1, 0.15) is 0 Å². The van der Waals surface area contributed by atoms with E-state index in [4.69, 9.17) is 4.74 Å². The Labute approximate surface area is 98.1 Å². The summed E-state index contributed by atoms with van der Waals surface area (Å²) in [5.41, 5.74) is 0. The van der Waals surface area contributed by atoms with Gasteiger partial charge >= 0.3 is 0 Å². The molecule has 0 aromatic heterocycles. The van der Waals surface area contributed by atoms with E-state index in [1.54, 1.807) is 7.11 Å². The van der Waals surface area contributed by atoms with Crippen LogP contribution in [0.4, 0.5) is 0 Å². The van der Waals surface area contributed by atoms with Gasteiger partial charge in [0.05, 0.1) is 18.7 Å². The standard InChI is InChI=1S/C12H24N2O2/c1-4-10(8-16-3)14-12(15)11-7-5-6-9(2)13-11/h9-11,13H,4-8H2,1-3H3,(H,14,15). The molecule has 0 aromatic carbocycles. The predicted octanol–water partition coefficient (Wildman–Crippen LogP) is 1.06. The molecule has 1 fully saturated rings. The maximum absolute atomic E-state index is 12.0. The van der Waals surface area contributed by atoms with Crippen molar-refractivity contribution in [2.45, 2.75) is 57.7 Å². The third-order valence-corrected chi connectivity index (χ3v) is 3.14. The van der Waals surface area contributed by atoms with Crippen molar-refractivity contribution in [1.82, 2.24) is 10.6 Å². The molecule has 0 aromatic rings. The maximum atomic E-state index is 12.0. The molecule has 1 saturated heterocycles. The van der Waals surface area contributed by atoms with Crippen LogP contribution in [0.15, 0.2) is 0 Å². The second-order valence-corrected chi connectivity index (χ2v) is 4.62. The lowest BCUT2D eigenvalue weighted by Gasteiger charge is -2.29. The summed E-state index contributed by atoms with van der Waals surface area (Å²) in [6, 6.07) is 0.568. The number of ether oxygens (including phenoxy) is 1. The van der Waals surface area contributed by atoms with Gasteiger partial charge in [0.25, 0.3) is 0 Å². The van der Waals surface area contributed by atoms with E-state index in [-0.39, 0.29) is 18.0 Å². The molecule has 1 aliphatic rings. The van der Waals surface area contributed by atoms with Crippen LogP contribution in [-0.4, -0.2) is 37.7 Å². The molecule has 1 rings (SSSR count). The van der Waals surface area contributed by atoms with Gasteiger partial charge in [-0.2, -0.15) is 0 Å². The first-order valence-corrected chi connectivity index (χ1v) is 6.22. The minimum absolute atomic E-state index is 0.0188. The molecule has 4 nitrogen and oxygen atoms in total. The number of rotatable bonds is 5. The molecule has 0 bridgehead atoms. The highest BCUT2D eigenvalue weighted by atomic mass is 16.5. The third kappa shape index (κ3) is 4.10. The molecule has 0 saturated carbocycles. The second-order valence-electron chi connectivity index (χ2n) is 4.62. The van der Waals surface area contributed by atoms with Crippen molar-refractivity contribution >= 4 is 5.91 Å². The zero-order chi connectivity index (χ0) is 12.0. The molecule has 1 heterocycles. The van der Waals surface area contributed by atoms with E-state index >= 15 is 0 Å². The van der Waals surface area contributed by atoms with Gasteiger partial charge in [-0.15, -0.1) is 0 Å². The first-order chi connectivity index (χ1) is 7.67. The summed E-state index contributed by atoms with van der Waals surface area (Å²) in [5, 5.41) is 6.37. The van der Waals surface area contributed by atoms with Crippen molar-refractivity contribution in [3.63, 3.8) is 0 Å². The van der Waals surface area contributed by atoms with Crippen LogP contribution in [0.3, 0.4) is 0 Å². The van der Waals surface area contributed by atoms with Gasteiger partial charge in [-0.25, -0.2) is 0 Å². The fraction of sp³-hybridized carbons (Fsp3) is 0.917. The van der Waals surface area contributed by atoms with Gasteiger partial charge in [0.15, 0.2) is 0 Å². The fourth-order valence-electron chi connectivity index (χ4n) is 2.11. The lowest BCUT2D eigenvalue weighted by atomic mass is 9.99. The van der Waals surface area contributed by atoms with Gasteiger partial charge in [-0.1, -0.05) is 6.92 Å². The SMILES string of the molecule is CCC(COC)NC(=O)C1CCCC(C)N1. The van der Waals surface area contributed by atoms with E-state index in [1.807, 2.05) is 0 Å². The zero-order valence-corrected chi connectivity index (χ0v) is 10.6. The Bertz CT molecular complexity index is 221. The minimum atomic E-state index is -0.0188. The van der Waals surface area contributed by atoms with Gasteiger partial charge in [0.2, 0.25) is 5.91 Å². The van der Waals surface area contributed by atoms with Crippen LogP contribution in [0.5, 0.6) is 0 Å². The number of carbonyl (C=O) groups is 1. The highest BCUT2D eigenvalue weighted by Gasteiger charge is 2.25. The predicted molar refractivity (Wildman–Crippen MR) is 64.3 cm³/mol. The number of nitrogens with one attached hydrogen (secondary N) is 2. The van der Waals surface area contributed by atoms with Gasteiger partial charge < -0.3 is 15.4 Å². The van der Waals surface area contributed by atoms with E-state index in [2.05, 4.69) is 24.5 Å². The molecule has 2 N–H and O–H groups in total. The van der Waals surface area contributed by atoms with Crippen molar-refractivity contribution < 1.29 is 9.53 Å². The number of piperidine rings is 1. The largest absolute Gasteiger partial charge is 0.383 e. The average molecular weight is 228 g/mol. The van der Waals surface area contributed by atoms with Crippen LogP contribution in [0.2, 0.25) is 0 Å². The Kier molecular flexibility index (Phi) is 5.77.